The molecule has 0 amide bonds. The third-order valence-electron chi connectivity index (χ3n) is 3.76. The van der Waals surface area contributed by atoms with Crippen LogP contribution < -0.4 is 10.6 Å². The second kappa shape index (κ2) is 5.73. The van der Waals surface area contributed by atoms with Crippen molar-refractivity contribution in [2.24, 2.45) is 5.73 Å². The first-order chi connectivity index (χ1) is 10.1. The highest BCUT2D eigenvalue weighted by molar-refractivity contribution is 9.10. The summed E-state index contributed by atoms with van der Waals surface area (Å²) in [4.78, 5) is 1.94. The number of halogens is 3. The molecule has 0 spiro atoms. The molecular formula is C16H15BrF2N2. The molecule has 1 aliphatic heterocycles. The Morgan fingerprint density at radius 1 is 1.19 bits per heavy atom. The maximum atomic E-state index is 14.1. The van der Waals surface area contributed by atoms with Crippen molar-refractivity contribution in [2.75, 3.05) is 11.4 Å². The molecule has 0 saturated heterocycles. The number of hydrogen-bond acceptors (Lipinski definition) is 2. The molecule has 0 bridgehead atoms. The summed E-state index contributed by atoms with van der Waals surface area (Å²) in [7, 11) is 0. The topological polar surface area (TPSA) is 29.3 Å². The Labute approximate surface area is 130 Å². The lowest BCUT2D eigenvalue weighted by Gasteiger charge is -2.34. The Morgan fingerprint density at radius 3 is 2.76 bits per heavy atom. The number of nitrogens with two attached hydrogens (primary N) is 1. The number of anilines is 1. The molecule has 2 aromatic carbocycles. The van der Waals surface area contributed by atoms with Gasteiger partial charge in [0.05, 0.1) is 4.47 Å². The van der Waals surface area contributed by atoms with Crippen molar-refractivity contribution in [1.29, 1.82) is 0 Å². The van der Waals surface area contributed by atoms with E-state index < -0.39 is 11.6 Å². The zero-order valence-corrected chi connectivity index (χ0v) is 12.9. The lowest BCUT2D eigenvalue weighted by Crippen LogP contribution is -2.43. The number of benzene rings is 2. The molecule has 2 aromatic rings. The molecule has 2 N–H and O–H groups in total. The fourth-order valence-corrected chi connectivity index (χ4v) is 3.15. The Kier molecular flexibility index (Phi) is 3.95. The van der Waals surface area contributed by atoms with E-state index in [0.717, 1.165) is 17.7 Å². The summed E-state index contributed by atoms with van der Waals surface area (Å²) in [5.41, 5.74) is 8.24. The first-order valence-corrected chi connectivity index (χ1v) is 7.56. The van der Waals surface area contributed by atoms with E-state index in [4.69, 9.17) is 5.73 Å². The monoisotopic (exact) mass is 352 g/mol. The van der Waals surface area contributed by atoms with Gasteiger partial charge in [0.2, 0.25) is 0 Å². The van der Waals surface area contributed by atoms with Crippen molar-refractivity contribution >= 4 is 21.6 Å². The molecule has 0 aliphatic carbocycles. The first-order valence-electron chi connectivity index (χ1n) is 6.77. The van der Waals surface area contributed by atoms with E-state index in [1.165, 1.54) is 12.1 Å². The second-order valence-electron chi connectivity index (χ2n) is 5.30. The van der Waals surface area contributed by atoms with Crippen molar-refractivity contribution in [3.63, 3.8) is 0 Å². The molecule has 1 heterocycles. The molecule has 0 fully saturated rings. The van der Waals surface area contributed by atoms with Gasteiger partial charge in [0.1, 0.15) is 11.6 Å². The molecule has 1 atom stereocenters. The molecule has 0 aromatic heterocycles. The van der Waals surface area contributed by atoms with E-state index in [1.54, 1.807) is 0 Å². The fourth-order valence-electron chi connectivity index (χ4n) is 2.77. The molecular weight excluding hydrogens is 338 g/mol. The van der Waals surface area contributed by atoms with Crippen molar-refractivity contribution in [2.45, 2.75) is 19.0 Å². The molecule has 1 unspecified atom stereocenters. The summed E-state index contributed by atoms with van der Waals surface area (Å²) < 4.78 is 28.4. The van der Waals surface area contributed by atoms with E-state index in [9.17, 15) is 8.78 Å². The Bertz CT molecular complexity index is 675. The van der Waals surface area contributed by atoms with Crippen molar-refractivity contribution in [3.05, 3.63) is 63.6 Å². The third-order valence-corrected chi connectivity index (χ3v) is 4.37. The first kappa shape index (κ1) is 14.5. The van der Waals surface area contributed by atoms with E-state index in [2.05, 4.69) is 15.9 Å². The largest absolute Gasteiger partial charge is 0.365 e. The minimum atomic E-state index is -0.549. The zero-order valence-electron chi connectivity index (χ0n) is 11.3. The predicted octanol–water partition coefficient (Wildman–Crippen LogP) is 3.62. The van der Waals surface area contributed by atoms with Gasteiger partial charge in [-0.25, -0.2) is 8.78 Å². The van der Waals surface area contributed by atoms with Crippen molar-refractivity contribution < 1.29 is 8.78 Å². The molecule has 110 valence electrons. The summed E-state index contributed by atoms with van der Waals surface area (Å²) in [6.45, 7) is 0.754. The lowest BCUT2D eigenvalue weighted by atomic mass is 9.98. The van der Waals surface area contributed by atoms with Crippen LogP contribution in [-0.2, 0) is 13.0 Å². The second-order valence-corrected chi connectivity index (χ2v) is 6.15. The van der Waals surface area contributed by atoms with Gasteiger partial charge in [0, 0.05) is 30.4 Å². The van der Waals surface area contributed by atoms with Gasteiger partial charge in [-0.15, -0.1) is 0 Å². The minimum Gasteiger partial charge on any atom is -0.365 e. The lowest BCUT2D eigenvalue weighted by molar-refractivity contribution is 0.532. The Morgan fingerprint density at radius 2 is 1.95 bits per heavy atom. The predicted molar refractivity (Wildman–Crippen MR) is 83.2 cm³/mol. The molecule has 21 heavy (non-hydrogen) atoms. The third kappa shape index (κ3) is 2.80. The van der Waals surface area contributed by atoms with Crippen LogP contribution in [0.2, 0.25) is 0 Å². The molecule has 3 rings (SSSR count). The average Bonchev–Trinajstić information content (AvgIpc) is 2.47. The van der Waals surface area contributed by atoms with Crippen molar-refractivity contribution in [1.82, 2.24) is 0 Å². The maximum Gasteiger partial charge on any atom is 0.145 e. The highest BCUT2D eigenvalue weighted by atomic mass is 79.9. The van der Waals surface area contributed by atoms with Crippen LogP contribution in [0.3, 0.4) is 0 Å². The van der Waals surface area contributed by atoms with E-state index >= 15 is 0 Å². The van der Waals surface area contributed by atoms with Crippen LogP contribution in [0.15, 0.2) is 40.9 Å². The van der Waals surface area contributed by atoms with E-state index in [1.807, 2.05) is 29.2 Å². The van der Waals surface area contributed by atoms with Crippen LogP contribution >= 0.6 is 15.9 Å². The number of rotatable bonds is 2. The fraction of sp³-hybridized carbons (Fsp3) is 0.250. The van der Waals surface area contributed by atoms with Crippen LogP contribution in [0, 0.1) is 11.6 Å². The molecule has 0 saturated carbocycles. The van der Waals surface area contributed by atoms with Crippen LogP contribution in [0.4, 0.5) is 14.5 Å². The van der Waals surface area contributed by atoms with Gasteiger partial charge in [0.15, 0.2) is 0 Å². The smallest absolute Gasteiger partial charge is 0.145 e. The SMILES string of the molecule is NC1Cc2ccccc2N(Cc2c(F)ccc(Br)c2F)C1. The highest BCUT2D eigenvalue weighted by Crippen LogP contribution is 2.30. The average molecular weight is 353 g/mol. The molecule has 1 aliphatic rings. The van der Waals surface area contributed by atoms with E-state index in [0.29, 0.717) is 6.54 Å². The summed E-state index contributed by atoms with van der Waals surface area (Å²) in [6, 6.07) is 10.5. The summed E-state index contributed by atoms with van der Waals surface area (Å²) in [5.74, 6) is -1.08. The van der Waals surface area contributed by atoms with Crippen LogP contribution in [0.5, 0.6) is 0 Å². The Balaban J connectivity index is 1.98. The zero-order chi connectivity index (χ0) is 15.0. The van der Waals surface area contributed by atoms with Gasteiger partial charge in [0.25, 0.3) is 0 Å². The van der Waals surface area contributed by atoms with Gasteiger partial charge in [-0.1, -0.05) is 18.2 Å². The normalized spacial score (nSPS) is 17.7. The number of fused-ring (bicyclic) bond motifs is 1. The van der Waals surface area contributed by atoms with Crippen LogP contribution in [-0.4, -0.2) is 12.6 Å². The quantitative estimate of drug-likeness (QED) is 0.836. The minimum absolute atomic E-state index is 0.0295. The maximum absolute atomic E-state index is 14.1. The van der Waals surface area contributed by atoms with Gasteiger partial charge in [-0.3, -0.25) is 0 Å². The molecule has 2 nitrogen and oxygen atoms in total. The van der Waals surface area contributed by atoms with Gasteiger partial charge >= 0.3 is 0 Å². The summed E-state index contributed by atoms with van der Waals surface area (Å²) in [5, 5.41) is 0. The van der Waals surface area contributed by atoms with Gasteiger partial charge < -0.3 is 10.6 Å². The van der Waals surface area contributed by atoms with E-state index in [-0.39, 0.29) is 22.6 Å². The number of hydrogen-bond donors (Lipinski definition) is 1. The Hall–Kier alpha value is -1.46. The van der Waals surface area contributed by atoms with Crippen LogP contribution in [0.1, 0.15) is 11.1 Å². The van der Waals surface area contributed by atoms with Crippen molar-refractivity contribution in [3.8, 4) is 0 Å². The highest BCUT2D eigenvalue weighted by Gasteiger charge is 2.24. The van der Waals surface area contributed by atoms with Crippen LogP contribution in [0.25, 0.3) is 0 Å². The van der Waals surface area contributed by atoms with Gasteiger partial charge in [-0.05, 0) is 46.1 Å². The molecule has 0 radical (unpaired) electrons. The number of para-hydroxylation sites is 1. The summed E-state index contributed by atoms with van der Waals surface area (Å²) >= 11 is 3.10. The van der Waals surface area contributed by atoms with Gasteiger partial charge in [-0.2, -0.15) is 0 Å². The summed E-state index contributed by atoms with van der Waals surface area (Å²) in [6.07, 6.45) is 0.788. The number of nitrogens with zero attached hydrogens (tertiary/aromatic N) is 1. The standard InChI is InChI=1S/C16H15BrF2N2/c17-13-5-6-14(18)12(16(13)19)9-21-8-11(20)7-10-3-1-2-4-15(10)21/h1-6,11H,7-9,20H2. The molecule has 5 heteroatoms.